The van der Waals surface area contributed by atoms with E-state index in [-0.39, 0.29) is 18.1 Å². The molecule has 4 rings (SSSR count). The van der Waals surface area contributed by atoms with E-state index in [1.54, 1.807) is 18.2 Å². The van der Waals surface area contributed by atoms with Gasteiger partial charge in [-0.1, -0.05) is 5.16 Å². The second-order valence-corrected chi connectivity index (χ2v) is 6.14. The van der Waals surface area contributed by atoms with Crippen molar-refractivity contribution in [3.05, 3.63) is 47.6 Å². The molecule has 4 heterocycles. The summed E-state index contributed by atoms with van der Waals surface area (Å²) in [5.74, 6) is 1.23. The lowest BCUT2D eigenvalue weighted by Gasteiger charge is -2.27. The van der Waals surface area contributed by atoms with Gasteiger partial charge in [-0.25, -0.2) is 9.97 Å². The van der Waals surface area contributed by atoms with Crippen LogP contribution in [-0.2, 0) is 11.3 Å². The highest BCUT2D eigenvalue weighted by atomic mass is 16.5. The molecule has 1 aliphatic rings. The Morgan fingerprint density at radius 1 is 1.22 bits per heavy atom. The van der Waals surface area contributed by atoms with Gasteiger partial charge in [-0.2, -0.15) is 0 Å². The van der Waals surface area contributed by atoms with Crippen molar-refractivity contribution in [3.63, 3.8) is 0 Å². The number of hydrogen-bond donors (Lipinski definition) is 1. The quantitative estimate of drug-likeness (QED) is 0.726. The largest absolute Gasteiger partial charge is 0.461 e. The summed E-state index contributed by atoms with van der Waals surface area (Å²) < 4.78 is 15.7. The molecule has 0 atom stereocenters. The predicted octanol–water partition coefficient (Wildman–Crippen LogP) is 1.80. The number of nitrogens with zero attached hydrogens (tertiary/aromatic N) is 4. The zero-order valence-electron chi connectivity index (χ0n) is 14.8. The van der Waals surface area contributed by atoms with E-state index in [0.717, 1.165) is 24.5 Å². The highest BCUT2D eigenvalue weighted by Gasteiger charge is 2.17. The van der Waals surface area contributed by atoms with Crippen LogP contribution < -0.4 is 10.2 Å². The normalized spacial score (nSPS) is 14.3. The predicted molar refractivity (Wildman–Crippen MR) is 95.2 cm³/mol. The molecular formula is C18H19N5O4. The molecular weight excluding hydrogens is 350 g/mol. The van der Waals surface area contributed by atoms with Gasteiger partial charge < -0.3 is 23.9 Å². The molecule has 1 N–H and O–H groups in total. The molecule has 9 heteroatoms. The van der Waals surface area contributed by atoms with Crippen molar-refractivity contribution in [3.8, 4) is 11.5 Å². The van der Waals surface area contributed by atoms with E-state index in [1.807, 2.05) is 13.0 Å². The first-order valence-electron chi connectivity index (χ1n) is 8.65. The van der Waals surface area contributed by atoms with Crippen LogP contribution in [0.5, 0.6) is 0 Å². The van der Waals surface area contributed by atoms with Gasteiger partial charge in [0.05, 0.1) is 31.7 Å². The number of aryl methyl sites for hydroxylation is 1. The molecule has 0 bridgehead atoms. The van der Waals surface area contributed by atoms with Gasteiger partial charge in [-0.15, -0.1) is 0 Å². The molecule has 0 aliphatic carbocycles. The first-order chi connectivity index (χ1) is 13.2. The first kappa shape index (κ1) is 17.2. The molecule has 1 amide bonds. The smallest absolute Gasteiger partial charge is 0.273 e. The number of ether oxygens (including phenoxy) is 1. The van der Waals surface area contributed by atoms with E-state index in [1.165, 1.54) is 6.26 Å². The maximum absolute atomic E-state index is 12.3. The van der Waals surface area contributed by atoms with Crippen LogP contribution in [-0.4, -0.2) is 47.3 Å². The molecule has 0 saturated carbocycles. The number of aromatic nitrogens is 3. The van der Waals surface area contributed by atoms with Gasteiger partial charge in [0.15, 0.2) is 11.5 Å². The number of rotatable bonds is 5. The van der Waals surface area contributed by atoms with Gasteiger partial charge in [0.2, 0.25) is 11.7 Å². The van der Waals surface area contributed by atoms with Gasteiger partial charge in [0.25, 0.3) is 5.91 Å². The number of amides is 1. The SMILES string of the molecule is Cc1cc(CNC(=O)c2cc(-c3ccco3)on2)nc(N2CCOCC2)n1. The van der Waals surface area contributed by atoms with Crippen LogP contribution in [0, 0.1) is 6.92 Å². The summed E-state index contributed by atoms with van der Waals surface area (Å²) in [7, 11) is 0. The lowest BCUT2D eigenvalue weighted by molar-refractivity contribution is 0.0941. The fourth-order valence-corrected chi connectivity index (χ4v) is 2.79. The van der Waals surface area contributed by atoms with Crippen LogP contribution in [0.25, 0.3) is 11.5 Å². The van der Waals surface area contributed by atoms with Crippen molar-refractivity contribution in [2.24, 2.45) is 0 Å². The fourth-order valence-electron chi connectivity index (χ4n) is 2.79. The highest BCUT2D eigenvalue weighted by Crippen LogP contribution is 2.20. The van der Waals surface area contributed by atoms with Crippen LogP contribution in [0.4, 0.5) is 5.95 Å². The van der Waals surface area contributed by atoms with E-state index >= 15 is 0 Å². The van der Waals surface area contributed by atoms with Crippen LogP contribution in [0.2, 0.25) is 0 Å². The molecule has 140 valence electrons. The summed E-state index contributed by atoms with van der Waals surface area (Å²) in [6.45, 7) is 5.00. The average molecular weight is 369 g/mol. The Balaban J connectivity index is 1.42. The molecule has 27 heavy (non-hydrogen) atoms. The summed E-state index contributed by atoms with van der Waals surface area (Å²) in [6.07, 6.45) is 1.53. The van der Waals surface area contributed by atoms with Gasteiger partial charge in [0.1, 0.15) is 0 Å². The molecule has 1 fully saturated rings. The molecule has 1 saturated heterocycles. The second kappa shape index (κ2) is 7.58. The van der Waals surface area contributed by atoms with Crippen molar-refractivity contribution in [1.29, 1.82) is 0 Å². The summed E-state index contributed by atoms with van der Waals surface area (Å²) in [5, 5.41) is 6.60. The molecule has 0 spiro atoms. The van der Waals surface area contributed by atoms with Crippen molar-refractivity contribution < 1.29 is 18.5 Å². The minimum Gasteiger partial charge on any atom is -0.461 e. The van der Waals surface area contributed by atoms with Crippen molar-refractivity contribution >= 4 is 11.9 Å². The lowest BCUT2D eigenvalue weighted by Crippen LogP contribution is -2.37. The lowest BCUT2D eigenvalue weighted by atomic mass is 10.3. The summed E-state index contributed by atoms with van der Waals surface area (Å²) in [5.41, 5.74) is 1.75. The Hall–Kier alpha value is -3.20. The maximum Gasteiger partial charge on any atom is 0.273 e. The standard InChI is InChI=1S/C18H19N5O4/c1-12-9-13(21-18(20-12)23-4-7-25-8-5-23)11-19-17(24)14-10-16(27-22-14)15-3-2-6-26-15/h2-3,6,9-10H,4-5,7-8,11H2,1H3,(H,19,24). The minimum absolute atomic E-state index is 0.181. The molecule has 1 aliphatic heterocycles. The van der Waals surface area contributed by atoms with E-state index in [2.05, 4.69) is 25.3 Å². The Bertz CT molecular complexity index is 916. The number of morpholine rings is 1. The van der Waals surface area contributed by atoms with Gasteiger partial charge >= 0.3 is 0 Å². The summed E-state index contributed by atoms with van der Waals surface area (Å²) >= 11 is 0. The molecule has 3 aromatic heterocycles. The van der Waals surface area contributed by atoms with Gasteiger partial charge in [-0.3, -0.25) is 4.79 Å². The third kappa shape index (κ3) is 3.98. The average Bonchev–Trinajstić information content (AvgIpc) is 3.38. The number of hydrogen-bond acceptors (Lipinski definition) is 8. The monoisotopic (exact) mass is 369 g/mol. The Morgan fingerprint density at radius 3 is 2.85 bits per heavy atom. The van der Waals surface area contributed by atoms with Crippen LogP contribution >= 0.6 is 0 Å². The number of furan rings is 1. The van der Waals surface area contributed by atoms with Gasteiger partial charge in [0, 0.05) is 24.8 Å². The zero-order valence-corrected chi connectivity index (χ0v) is 14.8. The summed E-state index contributed by atoms with van der Waals surface area (Å²) in [4.78, 5) is 23.5. The maximum atomic E-state index is 12.3. The van der Waals surface area contributed by atoms with Gasteiger partial charge in [-0.05, 0) is 25.1 Å². The van der Waals surface area contributed by atoms with E-state index in [9.17, 15) is 4.79 Å². The zero-order chi connectivity index (χ0) is 18.6. The molecule has 0 unspecified atom stereocenters. The minimum atomic E-state index is -0.347. The number of anilines is 1. The third-order valence-electron chi connectivity index (χ3n) is 4.13. The topological polar surface area (TPSA) is 107 Å². The molecule has 9 nitrogen and oxygen atoms in total. The van der Waals surface area contributed by atoms with E-state index in [0.29, 0.717) is 30.7 Å². The van der Waals surface area contributed by atoms with Crippen LogP contribution in [0.3, 0.4) is 0 Å². The molecule has 3 aromatic rings. The summed E-state index contributed by atoms with van der Waals surface area (Å²) in [6, 6.07) is 6.86. The fraction of sp³-hybridized carbons (Fsp3) is 0.333. The second-order valence-electron chi connectivity index (χ2n) is 6.14. The highest BCUT2D eigenvalue weighted by molar-refractivity contribution is 5.92. The van der Waals surface area contributed by atoms with Crippen LogP contribution in [0.1, 0.15) is 21.9 Å². The Kier molecular flexibility index (Phi) is 4.84. The van der Waals surface area contributed by atoms with E-state index in [4.69, 9.17) is 13.7 Å². The van der Waals surface area contributed by atoms with Crippen molar-refractivity contribution in [1.82, 2.24) is 20.4 Å². The Labute approximate surface area is 155 Å². The molecule has 0 radical (unpaired) electrons. The number of nitrogens with one attached hydrogen (secondary N) is 1. The van der Waals surface area contributed by atoms with E-state index < -0.39 is 0 Å². The van der Waals surface area contributed by atoms with Crippen molar-refractivity contribution in [2.45, 2.75) is 13.5 Å². The van der Waals surface area contributed by atoms with Crippen molar-refractivity contribution in [2.75, 3.05) is 31.2 Å². The number of carbonyl (C=O) groups excluding carboxylic acids is 1. The first-order valence-corrected chi connectivity index (χ1v) is 8.65. The number of carbonyl (C=O) groups is 1. The van der Waals surface area contributed by atoms with Crippen LogP contribution in [0.15, 0.2) is 39.5 Å². The Morgan fingerprint density at radius 2 is 2.07 bits per heavy atom. The molecule has 0 aromatic carbocycles. The third-order valence-corrected chi connectivity index (χ3v) is 4.13.